The molecular weight excluding hydrogens is 178 g/mol. The minimum absolute atomic E-state index is 0.116. The van der Waals surface area contributed by atoms with Crippen LogP contribution in [0.2, 0.25) is 0 Å². The zero-order valence-electron chi connectivity index (χ0n) is 6.51. The van der Waals surface area contributed by atoms with Crippen molar-refractivity contribution in [2.45, 2.75) is 6.54 Å². The lowest BCUT2D eigenvalue weighted by atomic mass is 10.3. The van der Waals surface area contributed by atoms with Gasteiger partial charge < -0.3 is 15.5 Å². The van der Waals surface area contributed by atoms with Gasteiger partial charge in [0.2, 0.25) is 5.88 Å². The molecule has 1 rings (SSSR count). The van der Waals surface area contributed by atoms with Crippen molar-refractivity contribution in [3.63, 3.8) is 0 Å². The molecule has 0 amide bonds. The van der Waals surface area contributed by atoms with E-state index in [0.29, 0.717) is 11.4 Å². The molecular formula is C6H9N3O2S. The van der Waals surface area contributed by atoms with E-state index in [4.69, 9.17) is 22.7 Å². The van der Waals surface area contributed by atoms with Gasteiger partial charge in [-0.15, -0.1) is 0 Å². The van der Waals surface area contributed by atoms with Crippen LogP contribution in [0.3, 0.4) is 0 Å². The van der Waals surface area contributed by atoms with E-state index in [1.165, 1.54) is 7.11 Å². The molecule has 1 heterocycles. The quantitative estimate of drug-likeness (QED) is 0.564. The first kappa shape index (κ1) is 8.95. The summed E-state index contributed by atoms with van der Waals surface area (Å²) in [6.45, 7) is 0.116. The third-order valence-corrected chi connectivity index (χ3v) is 1.61. The van der Waals surface area contributed by atoms with Gasteiger partial charge in [0.1, 0.15) is 0 Å². The lowest BCUT2D eigenvalue weighted by molar-refractivity contribution is 0.389. The maximum Gasteiger partial charge on any atom is 0.260 e. The van der Waals surface area contributed by atoms with Gasteiger partial charge in [-0.2, -0.15) is 0 Å². The molecule has 5 nitrogen and oxygen atoms in total. The number of aromatic amines is 2. The van der Waals surface area contributed by atoms with Gasteiger partial charge in [0.25, 0.3) is 5.56 Å². The molecule has 0 spiro atoms. The zero-order valence-corrected chi connectivity index (χ0v) is 7.33. The highest BCUT2D eigenvalue weighted by atomic mass is 32.1. The van der Waals surface area contributed by atoms with E-state index in [2.05, 4.69) is 9.97 Å². The first-order valence-electron chi connectivity index (χ1n) is 3.28. The van der Waals surface area contributed by atoms with E-state index in [1.807, 2.05) is 0 Å². The highest BCUT2D eigenvalue weighted by molar-refractivity contribution is 7.71. The fourth-order valence-electron chi connectivity index (χ4n) is 0.851. The second-order valence-electron chi connectivity index (χ2n) is 2.12. The summed E-state index contributed by atoms with van der Waals surface area (Å²) in [6.07, 6.45) is 0. The van der Waals surface area contributed by atoms with E-state index in [9.17, 15) is 4.79 Å². The number of H-pyrrole nitrogens is 2. The number of hydrogen-bond acceptors (Lipinski definition) is 4. The van der Waals surface area contributed by atoms with Crippen molar-refractivity contribution in [3.05, 3.63) is 20.7 Å². The Kier molecular flexibility index (Phi) is 2.61. The van der Waals surface area contributed by atoms with Crippen molar-refractivity contribution in [1.82, 2.24) is 9.97 Å². The van der Waals surface area contributed by atoms with Crippen molar-refractivity contribution in [3.8, 4) is 5.88 Å². The van der Waals surface area contributed by atoms with Gasteiger partial charge in [-0.05, 0) is 12.2 Å². The smallest absolute Gasteiger partial charge is 0.260 e. The van der Waals surface area contributed by atoms with E-state index in [1.54, 1.807) is 0 Å². The molecule has 0 aliphatic carbocycles. The standard InChI is InChI=1S/C6H9N3O2S/c1-11-5-3(2-7)4(10)8-6(12)9-5/h2,7H2,1H3,(H2,8,9,10,12). The molecule has 0 unspecified atom stereocenters. The maximum atomic E-state index is 11.1. The summed E-state index contributed by atoms with van der Waals surface area (Å²) in [5, 5.41) is 0. The van der Waals surface area contributed by atoms with Gasteiger partial charge in [0.05, 0.1) is 12.7 Å². The van der Waals surface area contributed by atoms with E-state index >= 15 is 0 Å². The van der Waals surface area contributed by atoms with Crippen molar-refractivity contribution in [2.24, 2.45) is 5.73 Å². The Labute approximate surface area is 73.6 Å². The minimum atomic E-state index is -0.307. The van der Waals surface area contributed by atoms with Crippen LogP contribution >= 0.6 is 12.2 Å². The number of ether oxygens (including phenoxy) is 1. The van der Waals surface area contributed by atoms with Crippen LogP contribution in [0.5, 0.6) is 5.88 Å². The molecule has 0 aliphatic rings. The number of nitrogens with two attached hydrogens (primary N) is 1. The van der Waals surface area contributed by atoms with Crippen LogP contribution in [-0.4, -0.2) is 17.1 Å². The second-order valence-corrected chi connectivity index (χ2v) is 2.53. The van der Waals surface area contributed by atoms with E-state index in [0.717, 1.165) is 0 Å². The van der Waals surface area contributed by atoms with Crippen LogP contribution in [-0.2, 0) is 6.54 Å². The first-order valence-corrected chi connectivity index (χ1v) is 3.69. The molecule has 0 saturated carbocycles. The van der Waals surface area contributed by atoms with Crippen molar-refractivity contribution in [1.29, 1.82) is 0 Å². The zero-order chi connectivity index (χ0) is 9.14. The molecule has 1 aromatic heterocycles. The molecule has 66 valence electrons. The number of aromatic nitrogens is 2. The highest BCUT2D eigenvalue weighted by Crippen LogP contribution is 2.06. The molecule has 6 heteroatoms. The Bertz CT molecular complexity index is 381. The van der Waals surface area contributed by atoms with Crippen molar-refractivity contribution < 1.29 is 4.74 Å². The molecule has 4 N–H and O–H groups in total. The predicted octanol–water partition coefficient (Wildman–Crippen LogP) is -0.100. The number of hydrogen-bond donors (Lipinski definition) is 3. The Morgan fingerprint density at radius 3 is 2.75 bits per heavy atom. The van der Waals surface area contributed by atoms with Gasteiger partial charge >= 0.3 is 0 Å². The third-order valence-electron chi connectivity index (χ3n) is 1.41. The molecule has 0 saturated heterocycles. The molecule has 1 aromatic rings. The van der Waals surface area contributed by atoms with Gasteiger partial charge in [0.15, 0.2) is 4.77 Å². The van der Waals surface area contributed by atoms with Gasteiger partial charge in [0, 0.05) is 6.54 Å². The van der Waals surface area contributed by atoms with Crippen LogP contribution in [0.15, 0.2) is 4.79 Å². The molecule has 0 radical (unpaired) electrons. The summed E-state index contributed by atoms with van der Waals surface area (Å²) < 4.78 is 5.11. The first-order chi connectivity index (χ1) is 5.69. The molecule has 0 bridgehead atoms. The SMILES string of the molecule is COc1[nH]c(=S)[nH]c(=O)c1CN. The third kappa shape index (κ3) is 1.54. The number of rotatable bonds is 2. The van der Waals surface area contributed by atoms with Gasteiger partial charge in [-0.3, -0.25) is 9.78 Å². The average molecular weight is 187 g/mol. The van der Waals surface area contributed by atoms with Crippen LogP contribution in [0, 0.1) is 4.77 Å². The summed E-state index contributed by atoms with van der Waals surface area (Å²) in [5.74, 6) is 0.325. The Morgan fingerprint density at radius 1 is 1.58 bits per heavy atom. The monoisotopic (exact) mass is 187 g/mol. The van der Waals surface area contributed by atoms with Crippen LogP contribution in [0.25, 0.3) is 0 Å². The highest BCUT2D eigenvalue weighted by Gasteiger charge is 2.05. The summed E-state index contributed by atoms with van der Waals surface area (Å²) in [7, 11) is 1.44. The van der Waals surface area contributed by atoms with Crippen molar-refractivity contribution in [2.75, 3.05) is 7.11 Å². The molecule has 0 fully saturated rings. The van der Waals surface area contributed by atoms with E-state index < -0.39 is 0 Å². The largest absolute Gasteiger partial charge is 0.482 e. The Morgan fingerprint density at radius 2 is 2.25 bits per heavy atom. The summed E-state index contributed by atoms with van der Waals surface area (Å²) in [4.78, 5) is 16.2. The molecule has 12 heavy (non-hydrogen) atoms. The maximum absolute atomic E-state index is 11.1. The lowest BCUT2D eigenvalue weighted by Crippen LogP contribution is -2.18. The second kappa shape index (κ2) is 3.51. The number of nitrogens with one attached hydrogen (secondary N) is 2. The fourth-order valence-corrected chi connectivity index (χ4v) is 1.04. The van der Waals surface area contributed by atoms with Crippen molar-refractivity contribution >= 4 is 12.2 Å². The Balaban J connectivity index is 3.44. The molecule has 0 aromatic carbocycles. The Hall–Kier alpha value is -1.14. The van der Waals surface area contributed by atoms with E-state index in [-0.39, 0.29) is 16.9 Å². The fraction of sp³-hybridized carbons (Fsp3) is 0.333. The lowest BCUT2D eigenvalue weighted by Gasteiger charge is -2.03. The summed E-state index contributed by atoms with van der Waals surface area (Å²) >= 11 is 4.73. The van der Waals surface area contributed by atoms with Crippen LogP contribution < -0.4 is 16.0 Å². The predicted molar refractivity (Wildman–Crippen MR) is 46.7 cm³/mol. The van der Waals surface area contributed by atoms with Crippen LogP contribution in [0.1, 0.15) is 5.56 Å². The summed E-state index contributed by atoms with van der Waals surface area (Å²) in [5.41, 5.74) is 5.38. The summed E-state index contributed by atoms with van der Waals surface area (Å²) in [6, 6.07) is 0. The normalized spacial score (nSPS) is 9.83. The minimum Gasteiger partial charge on any atom is -0.482 e. The molecule has 0 atom stereocenters. The topological polar surface area (TPSA) is 83.9 Å². The number of methoxy groups -OCH3 is 1. The van der Waals surface area contributed by atoms with Gasteiger partial charge in [-0.1, -0.05) is 0 Å². The van der Waals surface area contributed by atoms with Crippen LogP contribution in [0.4, 0.5) is 0 Å². The molecule has 0 aliphatic heterocycles. The average Bonchev–Trinajstić information content (AvgIpc) is 2.03. The van der Waals surface area contributed by atoms with Gasteiger partial charge in [-0.25, -0.2) is 0 Å².